The number of nitrogens with one attached hydrogen (secondary N) is 1. The van der Waals surface area contributed by atoms with Crippen molar-refractivity contribution < 1.29 is 18.2 Å². The maximum absolute atomic E-state index is 10.9. The fraction of sp³-hybridized carbons (Fsp3) is 0.429. The van der Waals surface area contributed by atoms with E-state index in [9.17, 15) is 8.76 Å². The van der Waals surface area contributed by atoms with Crippen LogP contribution in [0.25, 0.3) is 0 Å². The molecule has 0 amide bonds. The average Bonchev–Trinajstić information content (AvgIpc) is 2.63. The second-order valence-electron chi connectivity index (χ2n) is 6.67. The van der Waals surface area contributed by atoms with Crippen LogP contribution in [0.5, 0.6) is 11.5 Å². The molecule has 0 saturated heterocycles. The maximum atomic E-state index is 10.9. The van der Waals surface area contributed by atoms with Gasteiger partial charge >= 0.3 is 0 Å². The van der Waals surface area contributed by atoms with Crippen molar-refractivity contribution in [3.8, 4) is 11.5 Å². The molecule has 2 rings (SSSR count). The van der Waals surface area contributed by atoms with Gasteiger partial charge in [0, 0.05) is 17.0 Å². The second kappa shape index (κ2) is 10.9. The van der Waals surface area contributed by atoms with Crippen LogP contribution in [0, 0.1) is 12.8 Å². The summed E-state index contributed by atoms with van der Waals surface area (Å²) < 4.78 is 35.6. The third kappa shape index (κ3) is 7.23. The lowest BCUT2D eigenvalue weighted by molar-refractivity contribution is 0.265. The summed E-state index contributed by atoms with van der Waals surface area (Å²) in [5, 5.41) is 0. The quantitative estimate of drug-likeness (QED) is 0.448. The lowest BCUT2D eigenvalue weighted by atomic mass is 9.96. The standard InChI is InChI=1S/C21H29NO4S/c1-4-25-20-9-5-6-10-21(20)26-13-7-8-16(2)14-18-12-11-17(3)19(15-18)22-27(23)24/h5-6,9-12,15-16,22H,4,7-8,13-14H2,1-3H3,(H,23,24)/p-1/t16-/m0/s1. The van der Waals surface area contributed by atoms with Gasteiger partial charge in [-0.3, -0.25) is 4.21 Å². The van der Waals surface area contributed by atoms with Gasteiger partial charge in [-0.1, -0.05) is 31.2 Å². The van der Waals surface area contributed by atoms with Gasteiger partial charge in [-0.15, -0.1) is 0 Å². The zero-order valence-electron chi connectivity index (χ0n) is 16.2. The summed E-state index contributed by atoms with van der Waals surface area (Å²) in [5.41, 5.74) is 2.68. The molecule has 0 radical (unpaired) electrons. The molecule has 0 aliphatic carbocycles. The Bertz CT molecular complexity index is 751. The fourth-order valence-corrected chi connectivity index (χ4v) is 3.36. The van der Waals surface area contributed by atoms with Crippen LogP contribution in [0.4, 0.5) is 5.69 Å². The molecule has 0 aliphatic heterocycles. The average molecular weight is 391 g/mol. The predicted octanol–water partition coefficient (Wildman–Crippen LogP) is 4.64. The molecule has 0 heterocycles. The number of aryl methyl sites for hydroxylation is 1. The van der Waals surface area contributed by atoms with E-state index in [1.807, 2.05) is 50.2 Å². The summed E-state index contributed by atoms with van der Waals surface area (Å²) in [5.74, 6) is 2.04. The molecule has 1 N–H and O–H groups in total. The number of anilines is 1. The summed E-state index contributed by atoms with van der Waals surface area (Å²) >= 11 is -2.30. The first-order chi connectivity index (χ1) is 13.0. The maximum Gasteiger partial charge on any atom is 0.161 e. The third-order valence-electron chi connectivity index (χ3n) is 4.33. The minimum absolute atomic E-state index is 0.476. The first-order valence-corrected chi connectivity index (χ1v) is 10.4. The molecule has 148 valence electrons. The Kier molecular flexibility index (Phi) is 8.61. The van der Waals surface area contributed by atoms with E-state index in [2.05, 4.69) is 17.7 Å². The van der Waals surface area contributed by atoms with E-state index in [4.69, 9.17) is 9.47 Å². The molecule has 5 nitrogen and oxygen atoms in total. The van der Waals surface area contributed by atoms with Crippen LogP contribution in [-0.4, -0.2) is 22.0 Å². The molecule has 0 fully saturated rings. The molecule has 27 heavy (non-hydrogen) atoms. The van der Waals surface area contributed by atoms with Crippen LogP contribution in [-0.2, 0) is 17.7 Å². The van der Waals surface area contributed by atoms with E-state index in [0.29, 0.717) is 24.8 Å². The van der Waals surface area contributed by atoms with Crippen LogP contribution in [0.1, 0.15) is 37.8 Å². The first-order valence-electron chi connectivity index (χ1n) is 9.29. The molecule has 1 unspecified atom stereocenters. The Morgan fingerprint density at radius 1 is 1.15 bits per heavy atom. The lowest BCUT2D eigenvalue weighted by Gasteiger charge is -2.16. The topological polar surface area (TPSA) is 70.6 Å². The molecule has 0 aromatic heterocycles. The SMILES string of the molecule is CCOc1ccccc1OCCC[C@H](C)Cc1ccc(C)c(NS(=O)[O-])c1. The highest BCUT2D eigenvalue weighted by Gasteiger charge is 2.08. The predicted molar refractivity (Wildman–Crippen MR) is 109 cm³/mol. The first kappa shape index (κ1) is 21.3. The van der Waals surface area contributed by atoms with E-state index in [-0.39, 0.29) is 0 Å². The number of hydrogen-bond acceptors (Lipinski definition) is 4. The van der Waals surface area contributed by atoms with Crippen LogP contribution >= 0.6 is 0 Å². The Morgan fingerprint density at radius 2 is 1.85 bits per heavy atom. The molecule has 2 aromatic rings. The van der Waals surface area contributed by atoms with Crippen LogP contribution in [0.2, 0.25) is 0 Å². The Hall–Kier alpha value is -2.05. The van der Waals surface area contributed by atoms with Gasteiger partial charge in [-0.2, -0.15) is 0 Å². The van der Waals surface area contributed by atoms with E-state index >= 15 is 0 Å². The van der Waals surface area contributed by atoms with E-state index < -0.39 is 11.3 Å². The highest BCUT2D eigenvalue weighted by molar-refractivity contribution is 7.80. The number of rotatable bonds is 11. The van der Waals surface area contributed by atoms with Crippen molar-refractivity contribution in [3.63, 3.8) is 0 Å². The zero-order chi connectivity index (χ0) is 19.6. The van der Waals surface area contributed by atoms with Crippen LogP contribution < -0.4 is 14.2 Å². The monoisotopic (exact) mass is 390 g/mol. The molecule has 2 aromatic carbocycles. The molecular formula is C21H28NO4S-. The van der Waals surface area contributed by atoms with Gasteiger partial charge < -0.3 is 18.7 Å². The van der Waals surface area contributed by atoms with Crippen molar-refractivity contribution >= 4 is 17.0 Å². The molecule has 0 aliphatic rings. The van der Waals surface area contributed by atoms with Gasteiger partial charge in [0.05, 0.1) is 13.2 Å². The summed E-state index contributed by atoms with van der Waals surface area (Å²) in [6, 6.07) is 13.6. The number of ether oxygens (including phenoxy) is 2. The van der Waals surface area contributed by atoms with Crippen molar-refractivity contribution in [1.29, 1.82) is 0 Å². The summed E-state index contributed by atoms with van der Waals surface area (Å²) in [4.78, 5) is 0. The van der Waals surface area contributed by atoms with Crippen molar-refractivity contribution in [2.75, 3.05) is 17.9 Å². The minimum atomic E-state index is -2.30. The van der Waals surface area contributed by atoms with Gasteiger partial charge in [-0.25, -0.2) is 0 Å². The van der Waals surface area contributed by atoms with Crippen LogP contribution in [0.3, 0.4) is 0 Å². The van der Waals surface area contributed by atoms with Crippen molar-refractivity contribution in [2.24, 2.45) is 5.92 Å². The fourth-order valence-electron chi connectivity index (χ4n) is 2.96. The molecule has 2 atom stereocenters. The van der Waals surface area contributed by atoms with Gasteiger partial charge in [0.1, 0.15) is 0 Å². The Labute approximate surface area is 164 Å². The largest absolute Gasteiger partial charge is 0.755 e. The molecular weight excluding hydrogens is 362 g/mol. The van der Waals surface area contributed by atoms with E-state index in [0.717, 1.165) is 41.9 Å². The lowest BCUT2D eigenvalue weighted by Crippen LogP contribution is -2.07. The van der Waals surface area contributed by atoms with Gasteiger partial charge in [0.2, 0.25) is 0 Å². The van der Waals surface area contributed by atoms with Crippen molar-refractivity contribution in [1.82, 2.24) is 0 Å². The molecule has 0 saturated carbocycles. The number of hydrogen-bond donors (Lipinski definition) is 1. The molecule has 0 spiro atoms. The molecule has 0 bridgehead atoms. The van der Waals surface area contributed by atoms with E-state index in [1.54, 1.807) is 0 Å². The van der Waals surface area contributed by atoms with Crippen molar-refractivity contribution in [2.45, 2.75) is 40.0 Å². The zero-order valence-corrected chi connectivity index (χ0v) is 17.0. The third-order valence-corrected chi connectivity index (χ3v) is 4.71. The number of para-hydroxylation sites is 2. The van der Waals surface area contributed by atoms with Crippen molar-refractivity contribution in [3.05, 3.63) is 53.6 Å². The van der Waals surface area contributed by atoms with Gasteiger partial charge in [0.25, 0.3) is 0 Å². The second-order valence-corrected chi connectivity index (χ2v) is 7.34. The highest BCUT2D eigenvalue weighted by Crippen LogP contribution is 2.27. The smallest absolute Gasteiger partial charge is 0.161 e. The highest BCUT2D eigenvalue weighted by atomic mass is 32.2. The summed E-state index contributed by atoms with van der Waals surface area (Å²) in [6.07, 6.45) is 2.88. The Morgan fingerprint density at radius 3 is 2.52 bits per heavy atom. The minimum Gasteiger partial charge on any atom is -0.755 e. The Balaban J connectivity index is 1.80. The summed E-state index contributed by atoms with van der Waals surface area (Å²) in [7, 11) is 0. The van der Waals surface area contributed by atoms with Crippen LogP contribution in [0.15, 0.2) is 42.5 Å². The van der Waals surface area contributed by atoms with E-state index in [1.165, 1.54) is 0 Å². The summed E-state index contributed by atoms with van der Waals surface area (Å²) in [6.45, 7) is 7.31. The van der Waals surface area contributed by atoms with Gasteiger partial charge in [-0.05, 0) is 68.4 Å². The van der Waals surface area contributed by atoms with Gasteiger partial charge in [0.15, 0.2) is 11.5 Å². The molecule has 6 heteroatoms. The number of benzene rings is 2. The normalized spacial score (nSPS) is 13.0.